The van der Waals surface area contributed by atoms with E-state index in [0.29, 0.717) is 0 Å². The number of aliphatic hydroxyl groups is 1. The lowest BCUT2D eigenvalue weighted by atomic mass is 10.0. The smallest absolute Gasteiger partial charge is 0.334 e. The van der Waals surface area contributed by atoms with Gasteiger partial charge in [0.1, 0.15) is 6.33 Å². The highest BCUT2D eigenvalue weighted by molar-refractivity contribution is 5.85. The van der Waals surface area contributed by atoms with E-state index >= 15 is 0 Å². The summed E-state index contributed by atoms with van der Waals surface area (Å²) in [6, 6.07) is 20.8. The van der Waals surface area contributed by atoms with E-state index in [1.54, 1.807) is 11.0 Å². The minimum Gasteiger partial charge on any atom is -0.387 e. The Hall–Kier alpha value is -3.38. The van der Waals surface area contributed by atoms with Crippen LogP contribution in [0.5, 0.6) is 0 Å². The SMILES string of the molecule is O=C(NC[C@H](O)c1ccc2ccccc2c1)Nn1cnc2ccccc21. The molecule has 0 aliphatic rings. The van der Waals surface area contributed by atoms with E-state index in [4.69, 9.17) is 0 Å². The number of para-hydroxylation sites is 2. The van der Waals surface area contributed by atoms with E-state index in [9.17, 15) is 9.90 Å². The van der Waals surface area contributed by atoms with E-state index in [0.717, 1.165) is 27.4 Å². The first-order valence-corrected chi connectivity index (χ1v) is 8.34. The number of imidazole rings is 1. The summed E-state index contributed by atoms with van der Waals surface area (Å²) in [5.41, 5.74) is 5.05. The van der Waals surface area contributed by atoms with Crippen molar-refractivity contribution in [1.29, 1.82) is 0 Å². The molecule has 0 saturated heterocycles. The summed E-state index contributed by atoms with van der Waals surface area (Å²) >= 11 is 0. The second kappa shape index (κ2) is 6.85. The zero-order chi connectivity index (χ0) is 17.9. The molecule has 4 aromatic rings. The first-order valence-electron chi connectivity index (χ1n) is 8.34. The van der Waals surface area contributed by atoms with Crippen molar-refractivity contribution >= 4 is 27.8 Å². The highest BCUT2D eigenvalue weighted by atomic mass is 16.3. The second-order valence-electron chi connectivity index (χ2n) is 6.05. The van der Waals surface area contributed by atoms with Gasteiger partial charge >= 0.3 is 6.03 Å². The summed E-state index contributed by atoms with van der Waals surface area (Å²) in [6.45, 7) is 0.108. The summed E-state index contributed by atoms with van der Waals surface area (Å²) in [4.78, 5) is 16.3. The Bertz CT molecular complexity index is 1070. The Kier molecular flexibility index (Phi) is 4.25. The fourth-order valence-electron chi connectivity index (χ4n) is 2.92. The van der Waals surface area contributed by atoms with Gasteiger partial charge in [-0.15, -0.1) is 0 Å². The Morgan fingerprint density at radius 2 is 1.81 bits per heavy atom. The van der Waals surface area contributed by atoms with Gasteiger partial charge in [0.25, 0.3) is 0 Å². The molecular weight excluding hydrogens is 328 g/mol. The molecule has 1 aromatic heterocycles. The van der Waals surface area contributed by atoms with Gasteiger partial charge < -0.3 is 10.4 Å². The van der Waals surface area contributed by atoms with Crippen LogP contribution in [0.2, 0.25) is 0 Å². The van der Waals surface area contributed by atoms with Gasteiger partial charge in [0.15, 0.2) is 0 Å². The number of fused-ring (bicyclic) bond motifs is 2. The molecule has 1 heterocycles. The highest BCUT2D eigenvalue weighted by Crippen LogP contribution is 2.20. The molecule has 26 heavy (non-hydrogen) atoms. The fourth-order valence-corrected chi connectivity index (χ4v) is 2.92. The van der Waals surface area contributed by atoms with Crippen LogP contribution in [0.15, 0.2) is 73.1 Å². The number of hydrogen-bond donors (Lipinski definition) is 3. The van der Waals surface area contributed by atoms with E-state index in [1.807, 2.05) is 66.7 Å². The van der Waals surface area contributed by atoms with Crippen LogP contribution in [0.25, 0.3) is 21.8 Å². The number of carbonyl (C=O) groups excluding carboxylic acids is 1. The number of nitrogens with zero attached hydrogens (tertiary/aromatic N) is 2. The number of urea groups is 1. The van der Waals surface area contributed by atoms with E-state index in [1.165, 1.54) is 0 Å². The highest BCUT2D eigenvalue weighted by Gasteiger charge is 2.11. The first-order chi connectivity index (χ1) is 12.7. The van der Waals surface area contributed by atoms with Crippen LogP contribution < -0.4 is 10.7 Å². The number of benzene rings is 3. The Balaban J connectivity index is 1.40. The molecule has 0 fully saturated rings. The third-order valence-electron chi connectivity index (χ3n) is 4.29. The van der Waals surface area contributed by atoms with Gasteiger partial charge in [0, 0.05) is 6.54 Å². The van der Waals surface area contributed by atoms with Crippen molar-refractivity contribution in [3.05, 3.63) is 78.6 Å². The van der Waals surface area contributed by atoms with Crippen LogP contribution in [-0.4, -0.2) is 27.3 Å². The number of carbonyl (C=O) groups is 1. The van der Waals surface area contributed by atoms with Crippen molar-refractivity contribution in [3.63, 3.8) is 0 Å². The quantitative estimate of drug-likeness (QED) is 0.531. The molecule has 0 aliphatic carbocycles. The van der Waals surface area contributed by atoms with Crippen LogP contribution in [0.4, 0.5) is 4.79 Å². The second-order valence-corrected chi connectivity index (χ2v) is 6.05. The molecule has 0 spiro atoms. The van der Waals surface area contributed by atoms with Crippen LogP contribution in [0, 0.1) is 0 Å². The van der Waals surface area contributed by atoms with Crippen molar-refractivity contribution in [2.24, 2.45) is 0 Å². The molecule has 1 atom stereocenters. The molecule has 6 nitrogen and oxygen atoms in total. The van der Waals surface area contributed by atoms with Crippen LogP contribution in [0.3, 0.4) is 0 Å². The number of rotatable bonds is 4. The van der Waals surface area contributed by atoms with Crippen molar-refractivity contribution in [1.82, 2.24) is 15.0 Å². The number of nitrogens with one attached hydrogen (secondary N) is 2. The topological polar surface area (TPSA) is 79.2 Å². The first kappa shape index (κ1) is 16.1. The van der Waals surface area contributed by atoms with E-state index in [2.05, 4.69) is 15.7 Å². The van der Waals surface area contributed by atoms with Gasteiger partial charge in [0.05, 0.1) is 17.1 Å². The van der Waals surface area contributed by atoms with Gasteiger partial charge in [-0.3, -0.25) is 0 Å². The van der Waals surface area contributed by atoms with Crippen molar-refractivity contribution in [2.45, 2.75) is 6.10 Å². The van der Waals surface area contributed by atoms with Crippen molar-refractivity contribution in [3.8, 4) is 0 Å². The maximum absolute atomic E-state index is 12.1. The molecule has 130 valence electrons. The summed E-state index contributed by atoms with van der Waals surface area (Å²) in [5.74, 6) is 0. The third-order valence-corrected chi connectivity index (χ3v) is 4.29. The number of aromatic nitrogens is 2. The van der Waals surface area contributed by atoms with Gasteiger partial charge in [-0.25, -0.2) is 19.9 Å². The van der Waals surface area contributed by atoms with Gasteiger partial charge in [-0.05, 0) is 34.5 Å². The van der Waals surface area contributed by atoms with Gasteiger partial charge in [-0.1, -0.05) is 48.5 Å². The standard InChI is InChI=1S/C20H18N4O2/c25-19(16-10-9-14-5-1-2-6-15(14)11-16)12-21-20(26)23-24-13-22-17-7-3-4-8-18(17)24/h1-11,13,19,25H,12H2,(H2,21,23,26)/t19-/m0/s1. The zero-order valence-corrected chi connectivity index (χ0v) is 14.0. The Morgan fingerprint density at radius 3 is 2.69 bits per heavy atom. The minimum atomic E-state index is -0.787. The van der Waals surface area contributed by atoms with Crippen LogP contribution in [-0.2, 0) is 0 Å². The van der Waals surface area contributed by atoms with Crippen molar-refractivity contribution < 1.29 is 9.90 Å². The molecule has 0 saturated carbocycles. The van der Waals surface area contributed by atoms with Crippen LogP contribution >= 0.6 is 0 Å². The Labute approximate surface area is 150 Å². The molecule has 3 N–H and O–H groups in total. The number of hydrogen-bond acceptors (Lipinski definition) is 3. The average Bonchev–Trinajstić information content (AvgIpc) is 3.08. The maximum atomic E-state index is 12.1. The monoisotopic (exact) mass is 346 g/mol. The molecule has 3 aromatic carbocycles. The zero-order valence-electron chi connectivity index (χ0n) is 14.0. The normalized spacial score (nSPS) is 12.2. The predicted octanol–water partition coefficient (Wildman–Crippen LogP) is 3.18. The van der Waals surface area contributed by atoms with Gasteiger partial charge in [0.2, 0.25) is 0 Å². The lowest BCUT2D eigenvalue weighted by molar-refractivity contribution is 0.175. The van der Waals surface area contributed by atoms with Gasteiger partial charge in [-0.2, -0.15) is 0 Å². The molecular formula is C20H18N4O2. The molecule has 0 aliphatic heterocycles. The molecule has 0 unspecified atom stereocenters. The number of amides is 2. The minimum absolute atomic E-state index is 0.108. The van der Waals surface area contributed by atoms with Crippen LogP contribution in [0.1, 0.15) is 11.7 Å². The number of aliphatic hydroxyl groups excluding tert-OH is 1. The van der Waals surface area contributed by atoms with Crippen molar-refractivity contribution in [2.75, 3.05) is 12.0 Å². The average molecular weight is 346 g/mol. The lowest BCUT2D eigenvalue weighted by Crippen LogP contribution is -2.36. The lowest BCUT2D eigenvalue weighted by Gasteiger charge is -2.14. The fraction of sp³-hybridized carbons (Fsp3) is 0.100. The third kappa shape index (κ3) is 3.22. The molecule has 2 amide bonds. The summed E-state index contributed by atoms with van der Waals surface area (Å²) in [7, 11) is 0. The molecule has 0 bridgehead atoms. The summed E-state index contributed by atoms with van der Waals surface area (Å²) in [5, 5.41) is 15.2. The Morgan fingerprint density at radius 1 is 1.04 bits per heavy atom. The summed E-state index contributed by atoms with van der Waals surface area (Å²) < 4.78 is 1.55. The van der Waals surface area contributed by atoms with E-state index in [-0.39, 0.29) is 6.54 Å². The summed E-state index contributed by atoms with van der Waals surface area (Å²) in [6.07, 6.45) is 0.759. The molecule has 4 rings (SSSR count). The largest absolute Gasteiger partial charge is 0.387 e. The van der Waals surface area contributed by atoms with E-state index < -0.39 is 12.1 Å². The molecule has 0 radical (unpaired) electrons. The molecule has 6 heteroatoms. The maximum Gasteiger partial charge on any atom is 0.334 e. The predicted molar refractivity (Wildman–Crippen MR) is 101 cm³/mol.